The molecule has 0 amide bonds. The van der Waals surface area contributed by atoms with Crippen molar-refractivity contribution in [2.45, 2.75) is 20.3 Å². The Morgan fingerprint density at radius 2 is 1.94 bits per heavy atom. The van der Waals surface area contributed by atoms with Crippen LogP contribution >= 0.6 is 15.9 Å². The molecule has 0 heterocycles. The van der Waals surface area contributed by atoms with Crippen LogP contribution in [0.3, 0.4) is 0 Å². The topological polar surface area (TPSA) is 35.5 Å². The molecule has 0 rings (SSSR count). The van der Waals surface area contributed by atoms with Gasteiger partial charge in [-0.25, -0.2) is 4.79 Å². The first kappa shape index (κ1) is 15.0. The third-order valence-corrected chi connectivity index (χ3v) is 2.69. The van der Waals surface area contributed by atoms with Crippen molar-refractivity contribution in [2.24, 2.45) is 0 Å². The lowest BCUT2D eigenvalue weighted by Crippen LogP contribution is -2.04. The molecule has 0 saturated carbocycles. The highest BCUT2D eigenvalue weighted by Crippen LogP contribution is 2.19. The molecule has 0 saturated heterocycles. The third kappa shape index (κ3) is 4.66. The van der Waals surface area contributed by atoms with Gasteiger partial charge < -0.3 is 9.47 Å². The van der Waals surface area contributed by atoms with E-state index in [1.54, 1.807) is 19.3 Å². The Balaban J connectivity index is 5.17. The summed E-state index contributed by atoms with van der Waals surface area (Å²) in [7, 11) is 2.91. The highest BCUT2D eigenvalue weighted by Gasteiger charge is 2.09. The van der Waals surface area contributed by atoms with Crippen LogP contribution in [0.25, 0.3) is 0 Å². The van der Waals surface area contributed by atoms with Gasteiger partial charge in [0.2, 0.25) is 0 Å². The van der Waals surface area contributed by atoms with Crippen molar-refractivity contribution in [3.8, 4) is 0 Å². The van der Waals surface area contributed by atoms with Crippen molar-refractivity contribution in [3.63, 3.8) is 0 Å². The molecule has 0 fully saturated rings. The fraction of sp³-hybridized carbons (Fsp3) is 0.417. The summed E-state index contributed by atoms with van der Waals surface area (Å²) in [6.07, 6.45) is 6.04. The molecule has 0 radical (unpaired) electrons. The fourth-order valence-corrected chi connectivity index (χ4v) is 1.32. The lowest BCUT2D eigenvalue weighted by atomic mass is 10.2. The summed E-state index contributed by atoms with van der Waals surface area (Å²) in [5.74, 6) is 0.223. The maximum Gasteiger partial charge on any atom is 0.337 e. The molecule has 0 aromatic carbocycles. The number of methoxy groups -OCH3 is 2. The Labute approximate surface area is 105 Å². The van der Waals surface area contributed by atoms with E-state index >= 15 is 0 Å². The number of esters is 1. The maximum absolute atomic E-state index is 11.4. The second-order valence-corrected chi connectivity index (χ2v) is 3.76. The first-order valence-electron chi connectivity index (χ1n) is 4.97. The van der Waals surface area contributed by atoms with E-state index in [9.17, 15) is 4.79 Å². The number of carbonyl (C=O) groups is 1. The Kier molecular flexibility index (Phi) is 7.64. The minimum Gasteiger partial charge on any atom is -0.496 e. The van der Waals surface area contributed by atoms with Crippen molar-refractivity contribution in [3.05, 3.63) is 34.0 Å². The largest absolute Gasteiger partial charge is 0.496 e. The molecule has 0 aliphatic heterocycles. The molecule has 3 nitrogen and oxygen atoms in total. The predicted octanol–water partition coefficient (Wildman–Crippen LogP) is 3.32. The normalized spacial score (nSPS) is 13.7. The summed E-state index contributed by atoms with van der Waals surface area (Å²) in [6, 6.07) is 0. The molecule has 0 bridgehead atoms. The van der Waals surface area contributed by atoms with Crippen LogP contribution in [0.5, 0.6) is 0 Å². The van der Waals surface area contributed by atoms with Crippen LogP contribution < -0.4 is 0 Å². The van der Waals surface area contributed by atoms with Gasteiger partial charge in [-0.1, -0.05) is 19.1 Å². The molecule has 0 aromatic heterocycles. The van der Waals surface area contributed by atoms with Gasteiger partial charge in [0.1, 0.15) is 5.76 Å². The van der Waals surface area contributed by atoms with E-state index < -0.39 is 0 Å². The molecule has 4 heteroatoms. The summed E-state index contributed by atoms with van der Waals surface area (Å²) < 4.78 is 10.6. The van der Waals surface area contributed by atoms with Crippen LogP contribution in [0.2, 0.25) is 0 Å². The van der Waals surface area contributed by atoms with Crippen molar-refractivity contribution in [1.29, 1.82) is 0 Å². The SMILES string of the molecule is C\C=C(Br)/C(=C\C(=C/CC)C(=O)OC)OC. The van der Waals surface area contributed by atoms with E-state index in [1.165, 1.54) is 7.11 Å². The molecule has 90 valence electrons. The standard InChI is InChI=1S/C12H17BrO3/c1-5-7-9(12(14)16-4)8-11(15-3)10(13)6-2/h6-8H,5H2,1-4H3/b9-7+,10-6+,11-8+. The second-order valence-electron chi connectivity index (χ2n) is 2.91. The van der Waals surface area contributed by atoms with Crippen molar-refractivity contribution >= 4 is 21.9 Å². The molecule has 16 heavy (non-hydrogen) atoms. The van der Waals surface area contributed by atoms with E-state index in [0.717, 1.165) is 10.9 Å². The summed E-state index contributed by atoms with van der Waals surface area (Å²) in [4.78, 5) is 11.4. The van der Waals surface area contributed by atoms with Crippen molar-refractivity contribution in [2.75, 3.05) is 14.2 Å². The van der Waals surface area contributed by atoms with Crippen LogP contribution in [0.4, 0.5) is 0 Å². The molecule has 0 N–H and O–H groups in total. The number of hydrogen-bond donors (Lipinski definition) is 0. The van der Waals surface area contributed by atoms with Gasteiger partial charge in [0.05, 0.1) is 24.3 Å². The van der Waals surface area contributed by atoms with Gasteiger partial charge in [-0.2, -0.15) is 0 Å². The lowest BCUT2D eigenvalue weighted by Gasteiger charge is -2.06. The fourth-order valence-electron chi connectivity index (χ4n) is 1.05. The molecule has 0 unspecified atom stereocenters. The number of halogens is 1. The Bertz CT molecular complexity index is 327. The third-order valence-electron chi connectivity index (χ3n) is 1.84. The average molecular weight is 289 g/mol. The first-order valence-corrected chi connectivity index (χ1v) is 5.76. The molecular weight excluding hydrogens is 272 g/mol. The van der Waals surface area contributed by atoms with Gasteiger partial charge in [0, 0.05) is 0 Å². The van der Waals surface area contributed by atoms with Gasteiger partial charge in [-0.3, -0.25) is 0 Å². The molecule has 0 spiro atoms. The van der Waals surface area contributed by atoms with Crippen molar-refractivity contribution < 1.29 is 14.3 Å². The van der Waals surface area contributed by atoms with Gasteiger partial charge >= 0.3 is 5.97 Å². The van der Waals surface area contributed by atoms with E-state index in [-0.39, 0.29) is 5.97 Å². The van der Waals surface area contributed by atoms with Crippen LogP contribution in [0, 0.1) is 0 Å². The summed E-state index contributed by atoms with van der Waals surface area (Å²) >= 11 is 3.34. The Hall–Kier alpha value is -1.03. The highest BCUT2D eigenvalue weighted by molar-refractivity contribution is 9.11. The molecule has 0 aliphatic rings. The summed E-state index contributed by atoms with van der Waals surface area (Å²) in [5.41, 5.74) is 0.487. The van der Waals surface area contributed by atoms with Gasteiger partial charge in [-0.05, 0) is 35.4 Å². The van der Waals surface area contributed by atoms with Gasteiger partial charge in [-0.15, -0.1) is 0 Å². The molecular formula is C12H17BrO3. The number of hydrogen-bond acceptors (Lipinski definition) is 3. The zero-order chi connectivity index (χ0) is 12.6. The Morgan fingerprint density at radius 3 is 2.31 bits per heavy atom. The highest BCUT2D eigenvalue weighted by atomic mass is 79.9. The number of carbonyl (C=O) groups excluding carboxylic acids is 1. The minimum absolute atomic E-state index is 0.368. The monoisotopic (exact) mass is 288 g/mol. The second kappa shape index (κ2) is 8.16. The zero-order valence-electron chi connectivity index (χ0n) is 10.0. The number of ether oxygens (including phenoxy) is 2. The first-order chi connectivity index (χ1) is 7.60. The zero-order valence-corrected chi connectivity index (χ0v) is 11.6. The maximum atomic E-state index is 11.4. The van der Waals surface area contributed by atoms with Gasteiger partial charge in [0.25, 0.3) is 0 Å². The van der Waals surface area contributed by atoms with Crippen molar-refractivity contribution in [1.82, 2.24) is 0 Å². The number of rotatable bonds is 5. The van der Waals surface area contributed by atoms with Crippen LogP contribution in [-0.4, -0.2) is 20.2 Å². The molecule has 0 aromatic rings. The lowest BCUT2D eigenvalue weighted by molar-refractivity contribution is -0.135. The molecule has 0 atom stereocenters. The van der Waals surface area contributed by atoms with Crippen LogP contribution in [-0.2, 0) is 14.3 Å². The summed E-state index contributed by atoms with van der Waals surface area (Å²) in [6.45, 7) is 3.83. The van der Waals surface area contributed by atoms with Gasteiger partial charge in [0.15, 0.2) is 0 Å². The quantitative estimate of drug-likeness (QED) is 0.337. The minimum atomic E-state index is -0.368. The smallest absolute Gasteiger partial charge is 0.337 e. The van der Waals surface area contributed by atoms with E-state index in [0.29, 0.717) is 11.3 Å². The van der Waals surface area contributed by atoms with E-state index in [4.69, 9.17) is 4.74 Å². The number of allylic oxidation sites excluding steroid dienone is 3. The van der Waals surface area contributed by atoms with Crippen LogP contribution in [0.15, 0.2) is 34.0 Å². The van der Waals surface area contributed by atoms with Crippen LogP contribution in [0.1, 0.15) is 20.3 Å². The Morgan fingerprint density at radius 1 is 1.31 bits per heavy atom. The summed E-state index contributed by atoms with van der Waals surface area (Å²) in [5, 5.41) is 0. The molecule has 0 aliphatic carbocycles. The van der Waals surface area contributed by atoms with E-state index in [2.05, 4.69) is 20.7 Å². The average Bonchev–Trinajstić information content (AvgIpc) is 2.32. The van der Waals surface area contributed by atoms with E-state index in [1.807, 2.05) is 19.9 Å². The predicted molar refractivity (Wildman–Crippen MR) is 68.2 cm³/mol.